The Morgan fingerprint density at radius 2 is 2.36 bits per heavy atom. The first-order valence-electron chi connectivity index (χ1n) is 8.10. The lowest BCUT2D eigenvalue weighted by atomic mass is 10.2. The standard InChI is InChI=1S/C16H17N5O3S/c22-16(19-10-3-4-13-11(8-10)18-9-25-13)17-6-5-14-20-15(24-21-14)12-2-1-7-23-12/h3-4,8-9,12H,1-2,5-7H2,(H2,17,19,22)/t12-/m1/s1. The fourth-order valence-corrected chi connectivity index (χ4v) is 3.33. The minimum absolute atomic E-state index is 0.0851. The third-order valence-electron chi connectivity index (χ3n) is 3.91. The van der Waals surface area contributed by atoms with E-state index in [-0.39, 0.29) is 12.1 Å². The largest absolute Gasteiger partial charge is 0.368 e. The van der Waals surface area contributed by atoms with Crippen LogP contribution in [0, 0.1) is 0 Å². The van der Waals surface area contributed by atoms with Crippen molar-refractivity contribution in [1.82, 2.24) is 20.4 Å². The quantitative estimate of drug-likeness (QED) is 0.726. The lowest BCUT2D eigenvalue weighted by Crippen LogP contribution is -2.30. The van der Waals surface area contributed by atoms with Crippen LogP contribution in [0.25, 0.3) is 10.2 Å². The molecule has 130 valence electrons. The Bertz CT molecular complexity index is 871. The molecule has 4 rings (SSSR count). The van der Waals surface area contributed by atoms with Gasteiger partial charge in [-0.25, -0.2) is 9.78 Å². The van der Waals surface area contributed by atoms with Gasteiger partial charge in [-0.2, -0.15) is 4.98 Å². The number of thiazole rings is 1. The summed E-state index contributed by atoms with van der Waals surface area (Å²) in [7, 11) is 0. The number of nitrogens with one attached hydrogen (secondary N) is 2. The molecule has 0 radical (unpaired) electrons. The van der Waals surface area contributed by atoms with Crippen LogP contribution < -0.4 is 10.6 Å². The molecule has 1 saturated heterocycles. The number of aromatic nitrogens is 3. The van der Waals surface area contributed by atoms with Crippen LogP contribution in [0.15, 0.2) is 28.2 Å². The first-order valence-corrected chi connectivity index (χ1v) is 8.98. The summed E-state index contributed by atoms with van der Waals surface area (Å²) in [4.78, 5) is 20.5. The van der Waals surface area contributed by atoms with Crippen LogP contribution in [0.2, 0.25) is 0 Å². The van der Waals surface area contributed by atoms with Gasteiger partial charge in [-0.3, -0.25) is 0 Å². The zero-order valence-electron chi connectivity index (χ0n) is 13.4. The second-order valence-corrected chi connectivity index (χ2v) is 6.60. The summed E-state index contributed by atoms with van der Waals surface area (Å²) in [5, 5.41) is 9.49. The Labute approximate surface area is 147 Å². The van der Waals surface area contributed by atoms with Gasteiger partial charge in [0.1, 0.15) is 6.10 Å². The number of fused-ring (bicyclic) bond motifs is 1. The number of urea groups is 1. The Hall–Kier alpha value is -2.52. The number of nitrogens with zero attached hydrogens (tertiary/aromatic N) is 3. The highest BCUT2D eigenvalue weighted by molar-refractivity contribution is 7.16. The van der Waals surface area contributed by atoms with E-state index in [1.165, 1.54) is 0 Å². The molecule has 0 saturated carbocycles. The van der Waals surface area contributed by atoms with Crippen molar-refractivity contribution in [3.8, 4) is 0 Å². The maximum absolute atomic E-state index is 12.0. The highest BCUT2D eigenvalue weighted by atomic mass is 32.1. The van der Waals surface area contributed by atoms with Crippen LogP contribution >= 0.6 is 11.3 Å². The maximum Gasteiger partial charge on any atom is 0.319 e. The Morgan fingerprint density at radius 3 is 3.24 bits per heavy atom. The molecule has 1 aliphatic heterocycles. The van der Waals surface area contributed by atoms with E-state index >= 15 is 0 Å². The molecule has 2 N–H and O–H groups in total. The molecule has 1 fully saturated rings. The van der Waals surface area contributed by atoms with Crippen molar-refractivity contribution in [3.05, 3.63) is 35.4 Å². The van der Waals surface area contributed by atoms with Crippen LogP contribution in [0.3, 0.4) is 0 Å². The van der Waals surface area contributed by atoms with Crippen molar-refractivity contribution >= 4 is 33.3 Å². The second kappa shape index (κ2) is 7.16. The maximum atomic E-state index is 12.0. The van der Waals surface area contributed by atoms with Gasteiger partial charge in [-0.1, -0.05) is 5.16 Å². The predicted octanol–water partition coefficient (Wildman–Crippen LogP) is 2.90. The molecule has 1 atom stereocenters. The number of ether oxygens (including phenoxy) is 1. The topological polar surface area (TPSA) is 102 Å². The van der Waals surface area contributed by atoms with Crippen molar-refractivity contribution < 1.29 is 14.1 Å². The number of carbonyl (C=O) groups is 1. The molecule has 9 heteroatoms. The van der Waals surface area contributed by atoms with Crippen LogP contribution in [-0.4, -0.2) is 34.3 Å². The number of amides is 2. The van der Waals surface area contributed by atoms with Crippen molar-refractivity contribution in [3.63, 3.8) is 0 Å². The molecule has 1 aromatic carbocycles. The molecule has 2 amide bonds. The molecule has 0 unspecified atom stereocenters. The number of hydrogen-bond donors (Lipinski definition) is 2. The van der Waals surface area contributed by atoms with Gasteiger partial charge in [0.2, 0.25) is 0 Å². The molecule has 3 heterocycles. The second-order valence-electron chi connectivity index (χ2n) is 5.72. The van der Waals surface area contributed by atoms with E-state index < -0.39 is 0 Å². The molecule has 3 aromatic rings. The summed E-state index contributed by atoms with van der Waals surface area (Å²) in [5.74, 6) is 1.09. The Kier molecular flexibility index (Phi) is 4.57. The van der Waals surface area contributed by atoms with Crippen molar-refractivity contribution in [2.45, 2.75) is 25.4 Å². The minimum atomic E-state index is -0.280. The van der Waals surface area contributed by atoms with Crippen molar-refractivity contribution in [2.24, 2.45) is 0 Å². The SMILES string of the molecule is O=C(NCCc1noc([C@H]2CCCO2)n1)Nc1ccc2scnc2c1. The number of benzene rings is 1. The van der Waals surface area contributed by atoms with Crippen molar-refractivity contribution in [1.29, 1.82) is 0 Å². The first kappa shape index (κ1) is 16.0. The minimum Gasteiger partial charge on any atom is -0.368 e. The van der Waals surface area contributed by atoms with E-state index in [1.807, 2.05) is 18.2 Å². The summed E-state index contributed by atoms with van der Waals surface area (Å²) >= 11 is 1.57. The number of carbonyl (C=O) groups excluding carboxylic acids is 1. The lowest BCUT2D eigenvalue weighted by molar-refractivity contribution is 0.0835. The molecule has 8 nitrogen and oxygen atoms in total. The zero-order chi connectivity index (χ0) is 17.1. The normalized spacial score (nSPS) is 17.0. The molecule has 25 heavy (non-hydrogen) atoms. The zero-order valence-corrected chi connectivity index (χ0v) is 14.2. The van der Waals surface area contributed by atoms with Gasteiger partial charge in [-0.05, 0) is 31.0 Å². The number of anilines is 1. The van der Waals surface area contributed by atoms with Gasteiger partial charge < -0.3 is 19.9 Å². The smallest absolute Gasteiger partial charge is 0.319 e. The molecule has 0 bridgehead atoms. The summed E-state index contributed by atoms with van der Waals surface area (Å²) in [6.45, 7) is 1.14. The van der Waals surface area contributed by atoms with Gasteiger partial charge in [0.25, 0.3) is 5.89 Å². The fourth-order valence-electron chi connectivity index (χ4n) is 2.67. The average Bonchev–Trinajstić information content (AvgIpc) is 3.35. The molecule has 0 aliphatic carbocycles. The summed E-state index contributed by atoms with van der Waals surface area (Å²) in [6.07, 6.45) is 2.33. The molecule has 1 aliphatic rings. The van der Waals surface area contributed by atoms with Crippen molar-refractivity contribution in [2.75, 3.05) is 18.5 Å². The van der Waals surface area contributed by atoms with E-state index in [0.29, 0.717) is 30.4 Å². The lowest BCUT2D eigenvalue weighted by Gasteiger charge is -2.06. The highest BCUT2D eigenvalue weighted by Gasteiger charge is 2.23. The molecule has 0 spiro atoms. The first-order chi connectivity index (χ1) is 12.3. The van der Waals surface area contributed by atoms with Gasteiger partial charge in [0.05, 0.1) is 15.7 Å². The van der Waals surface area contributed by atoms with E-state index in [4.69, 9.17) is 9.26 Å². The van der Waals surface area contributed by atoms with E-state index in [9.17, 15) is 4.79 Å². The summed E-state index contributed by atoms with van der Waals surface area (Å²) in [5.41, 5.74) is 3.36. The van der Waals surface area contributed by atoms with E-state index in [0.717, 1.165) is 29.7 Å². The van der Waals surface area contributed by atoms with E-state index in [1.54, 1.807) is 16.8 Å². The third-order valence-corrected chi connectivity index (χ3v) is 4.72. The van der Waals surface area contributed by atoms with Crippen LogP contribution in [0.4, 0.5) is 10.5 Å². The predicted molar refractivity (Wildman–Crippen MR) is 92.6 cm³/mol. The van der Waals surface area contributed by atoms with Gasteiger partial charge in [-0.15, -0.1) is 11.3 Å². The number of hydrogen-bond acceptors (Lipinski definition) is 7. The Morgan fingerprint density at radius 1 is 1.40 bits per heavy atom. The Balaban J connectivity index is 1.25. The van der Waals surface area contributed by atoms with Crippen LogP contribution in [-0.2, 0) is 11.2 Å². The number of rotatable bonds is 5. The molecule has 2 aromatic heterocycles. The van der Waals surface area contributed by atoms with Crippen LogP contribution in [0.5, 0.6) is 0 Å². The van der Waals surface area contributed by atoms with Gasteiger partial charge in [0.15, 0.2) is 5.82 Å². The van der Waals surface area contributed by atoms with Gasteiger partial charge in [0, 0.05) is 25.3 Å². The summed E-state index contributed by atoms with van der Waals surface area (Å²) in [6, 6.07) is 5.36. The van der Waals surface area contributed by atoms with Crippen LogP contribution in [0.1, 0.15) is 30.7 Å². The molecular formula is C16H17N5O3S. The summed E-state index contributed by atoms with van der Waals surface area (Å²) < 4.78 is 11.8. The average molecular weight is 359 g/mol. The third kappa shape index (κ3) is 3.77. The fraction of sp³-hybridized carbons (Fsp3) is 0.375. The highest BCUT2D eigenvalue weighted by Crippen LogP contribution is 2.26. The molecular weight excluding hydrogens is 342 g/mol. The van der Waals surface area contributed by atoms with E-state index in [2.05, 4.69) is 25.8 Å². The van der Waals surface area contributed by atoms with Gasteiger partial charge >= 0.3 is 6.03 Å². The monoisotopic (exact) mass is 359 g/mol.